The maximum absolute atomic E-state index is 11.9. The van der Waals surface area contributed by atoms with Gasteiger partial charge in [-0.3, -0.25) is 4.79 Å². The molecule has 1 unspecified atom stereocenters. The highest BCUT2D eigenvalue weighted by molar-refractivity contribution is 5.81. The van der Waals surface area contributed by atoms with Crippen molar-refractivity contribution >= 4 is 5.91 Å². The van der Waals surface area contributed by atoms with Crippen molar-refractivity contribution < 1.29 is 4.79 Å². The van der Waals surface area contributed by atoms with Crippen molar-refractivity contribution in [1.29, 1.82) is 0 Å². The van der Waals surface area contributed by atoms with Crippen molar-refractivity contribution in [3.8, 4) is 0 Å². The normalized spacial score (nSPS) is 19.0. The maximum atomic E-state index is 11.9. The molecule has 0 heterocycles. The van der Waals surface area contributed by atoms with Gasteiger partial charge in [0.25, 0.3) is 0 Å². The van der Waals surface area contributed by atoms with Crippen LogP contribution in [0, 0.1) is 0 Å². The van der Waals surface area contributed by atoms with Crippen molar-refractivity contribution in [2.75, 3.05) is 0 Å². The standard InChI is InChI=1S/C13H26N2O/c1-4-11(5-2)14-10(3)13(16)15-12-8-6-7-9-12/h10-12,14H,4-9H2,1-3H3,(H,15,16). The lowest BCUT2D eigenvalue weighted by Gasteiger charge is -2.22. The molecule has 1 aliphatic carbocycles. The van der Waals surface area contributed by atoms with Crippen LogP contribution >= 0.6 is 0 Å². The zero-order chi connectivity index (χ0) is 12.0. The number of hydrogen-bond donors (Lipinski definition) is 2. The van der Waals surface area contributed by atoms with Gasteiger partial charge in [-0.25, -0.2) is 0 Å². The second-order valence-electron chi connectivity index (χ2n) is 4.89. The molecule has 1 rings (SSSR count). The summed E-state index contributed by atoms with van der Waals surface area (Å²) in [7, 11) is 0. The number of carbonyl (C=O) groups is 1. The molecule has 0 aromatic carbocycles. The molecule has 3 nitrogen and oxygen atoms in total. The van der Waals surface area contributed by atoms with E-state index in [1.807, 2.05) is 6.92 Å². The van der Waals surface area contributed by atoms with Gasteiger partial charge in [0.1, 0.15) is 0 Å². The van der Waals surface area contributed by atoms with Gasteiger partial charge in [0.05, 0.1) is 6.04 Å². The molecule has 2 N–H and O–H groups in total. The van der Waals surface area contributed by atoms with Crippen LogP contribution in [0.15, 0.2) is 0 Å². The van der Waals surface area contributed by atoms with E-state index < -0.39 is 0 Å². The largest absolute Gasteiger partial charge is 0.352 e. The molecule has 0 spiro atoms. The molecule has 1 fully saturated rings. The van der Waals surface area contributed by atoms with Crippen LogP contribution in [0.25, 0.3) is 0 Å². The lowest BCUT2D eigenvalue weighted by Crippen LogP contribution is -2.48. The summed E-state index contributed by atoms with van der Waals surface area (Å²) < 4.78 is 0. The van der Waals surface area contributed by atoms with Crippen molar-refractivity contribution in [2.45, 2.75) is 77.4 Å². The van der Waals surface area contributed by atoms with E-state index in [-0.39, 0.29) is 11.9 Å². The highest BCUT2D eigenvalue weighted by Crippen LogP contribution is 2.17. The van der Waals surface area contributed by atoms with E-state index in [2.05, 4.69) is 24.5 Å². The van der Waals surface area contributed by atoms with Crippen molar-refractivity contribution in [3.05, 3.63) is 0 Å². The summed E-state index contributed by atoms with van der Waals surface area (Å²) in [4.78, 5) is 11.9. The molecule has 1 amide bonds. The molecule has 1 atom stereocenters. The SMILES string of the molecule is CCC(CC)NC(C)C(=O)NC1CCCC1. The zero-order valence-corrected chi connectivity index (χ0v) is 10.9. The van der Waals surface area contributed by atoms with Crippen molar-refractivity contribution in [2.24, 2.45) is 0 Å². The van der Waals surface area contributed by atoms with Crippen molar-refractivity contribution in [1.82, 2.24) is 10.6 Å². The second kappa shape index (κ2) is 6.89. The smallest absolute Gasteiger partial charge is 0.237 e. The molecule has 1 saturated carbocycles. The van der Waals surface area contributed by atoms with Crippen LogP contribution in [0.1, 0.15) is 59.3 Å². The molecule has 0 aromatic heterocycles. The number of nitrogens with one attached hydrogen (secondary N) is 2. The highest BCUT2D eigenvalue weighted by Gasteiger charge is 2.21. The third-order valence-corrected chi connectivity index (χ3v) is 3.57. The third kappa shape index (κ3) is 4.12. The van der Waals surface area contributed by atoms with Crippen LogP contribution in [0.4, 0.5) is 0 Å². The van der Waals surface area contributed by atoms with Crippen molar-refractivity contribution in [3.63, 3.8) is 0 Å². The Balaban J connectivity index is 2.28. The molecule has 16 heavy (non-hydrogen) atoms. The van der Waals surface area contributed by atoms with Crippen LogP contribution in [-0.4, -0.2) is 24.0 Å². The molecule has 0 aromatic rings. The van der Waals surface area contributed by atoms with Crippen LogP contribution < -0.4 is 10.6 Å². The second-order valence-corrected chi connectivity index (χ2v) is 4.89. The molecule has 0 bridgehead atoms. The lowest BCUT2D eigenvalue weighted by molar-refractivity contribution is -0.123. The van der Waals surface area contributed by atoms with Gasteiger partial charge in [0, 0.05) is 12.1 Å². The predicted molar refractivity (Wildman–Crippen MR) is 67.4 cm³/mol. The molecular formula is C13H26N2O. The highest BCUT2D eigenvalue weighted by atomic mass is 16.2. The summed E-state index contributed by atoms with van der Waals surface area (Å²) in [6, 6.07) is 0.827. The fourth-order valence-electron chi connectivity index (χ4n) is 2.35. The molecule has 0 aliphatic heterocycles. The van der Waals surface area contributed by atoms with E-state index in [0.717, 1.165) is 25.7 Å². The van der Waals surface area contributed by atoms with Crippen LogP contribution in [-0.2, 0) is 4.79 Å². The van der Waals surface area contributed by atoms with E-state index in [9.17, 15) is 4.79 Å². The molecule has 1 aliphatic rings. The molecule has 3 heteroatoms. The lowest BCUT2D eigenvalue weighted by atomic mass is 10.1. The van der Waals surface area contributed by atoms with Crippen LogP contribution in [0.2, 0.25) is 0 Å². The number of carbonyl (C=O) groups excluding carboxylic acids is 1. The minimum absolute atomic E-state index is 0.0644. The Morgan fingerprint density at radius 2 is 1.81 bits per heavy atom. The fourth-order valence-corrected chi connectivity index (χ4v) is 2.35. The third-order valence-electron chi connectivity index (χ3n) is 3.57. The Labute approximate surface area is 99.4 Å². The average molecular weight is 226 g/mol. The number of rotatable bonds is 6. The summed E-state index contributed by atoms with van der Waals surface area (Å²) in [6.07, 6.45) is 7.00. The molecule has 94 valence electrons. The van der Waals surface area contributed by atoms with Gasteiger partial charge in [-0.05, 0) is 32.6 Å². The Bertz CT molecular complexity index is 208. The van der Waals surface area contributed by atoms with E-state index in [4.69, 9.17) is 0 Å². The number of hydrogen-bond acceptors (Lipinski definition) is 2. The summed E-state index contributed by atoms with van der Waals surface area (Å²) in [5, 5.41) is 6.51. The van der Waals surface area contributed by atoms with Crippen LogP contribution in [0.5, 0.6) is 0 Å². The summed E-state index contributed by atoms with van der Waals surface area (Å²) in [5.41, 5.74) is 0. The Kier molecular flexibility index (Phi) is 5.81. The first kappa shape index (κ1) is 13.5. The monoisotopic (exact) mass is 226 g/mol. The Morgan fingerprint density at radius 1 is 1.25 bits per heavy atom. The van der Waals surface area contributed by atoms with Gasteiger partial charge in [-0.15, -0.1) is 0 Å². The topological polar surface area (TPSA) is 41.1 Å². The average Bonchev–Trinajstić information content (AvgIpc) is 2.78. The van der Waals surface area contributed by atoms with Gasteiger partial charge in [0.15, 0.2) is 0 Å². The fraction of sp³-hybridized carbons (Fsp3) is 0.923. The minimum Gasteiger partial charge on any atom is -0.352 e. The minimum atomic E-state index is -0.0644. The Morgan fingerprint density at radius 3 is 2.31 bits per heavy atom. The summed E-state index contributed by atoms with van der Waals surface area (Å²) >= 11 is 0. The predicted octanol–water partition coefficient (Wildman–Crippen LogP) is 2.21. The quantitative estimate of drug-likeness (QED) is 0.729. The van der Waals surface area contributed by atoms with E-state index in [1.54, 1.807) is 0 Å². The zero-order valence-electron chi connectivity index (χ0n) is 10.9. The number of amides is 1. The molecular weight excluding hydrogens is 200 g/mol. The van der Waals surface area contributed by atoms with Gasteiger partial charge < -0.3 is 10.6 Å². The first-order valence-corrected chi connectivity index (χ1v) is 6.73. The van der Waals surface area contributed by atoms with E-state index in [0.29, 0.717) is 12.1 Å². The van der Waals surface area contributed by atoms with Crippen LogP contribution in [0.3, 0.4) is 0 Å². The summed E-state index contributed by atoms with van der Waals surface area (Å²) in [5.74, 6) is 0.166. The van der Waals surface area contributed by atoms with Gasteiger partial charge in [-0.2, -0.15) is 0 Å². The van der Waals surface area contributed by atoms with Gasteiger partial charge >= 0.3 is 0 Å². The van der Waals surface area contributed by atoms with Gasteiger partial charge in [-0.1, -0.05) is 26.7 Å². The molecule has 0 radical (unpaired) electrons. The first-order valence-electron chi connectivity index (χ1n) is 6.73. The van der Waals surface area contributed by atoms with E-state index >= 15 is 0 Å². The van der Waals surface area contributed by atoms with E-state index in [1.165, 1.54) is 12.8 Å². The molecule has 0 saturated heterocycles. The summed E-state index contributed by atoms with van der Waals surface area (Å²) in [6.45, 7) is 6.27. The first-order chi connectivity index (χ1) is 7.67. The Hall–Kier alpha value is -0.570. The maximum Gasteiger partial charge on any atom is 0.237 e. The van der Waals surface area contributed by atoms with Gasteiger partial charge in [0.2, 0.25) is 5.91 Å².